The van der Waals surface area contributed by atoms with Crippen LogP contribution in [0.2, 0.25) is 0 Å². The van der Waals surface area contributed by atoms with Gasteiger partial charge in [0.2, 0.25) is 0 Å². The molecule has 0 bridgehead atoms. The lowest BCUT2D eigenvalue weighted by molar-refractivity contribution is -0.140. The summed E-state index contributed by atoms with van der Waals surface area (Å²) in [4.78, 5) is 0. The van der Waals surface area contributed by atoms with Crippen molar-refractivity contribution in [3.63, 3.8) is 0 Å². The van der Waals surface area contributed by atoms with Gasteiger partial charge < -0.3 is 5.73 Å². The molecule has 0 heterocycles. The van der Waals surface area contributed by atoms with Crippen LogP contribution < -0.4 is 5.73 Å². The lowest BCUT2D eigenvalue weighted by Gasteiger charge is -2.23. The molecule has 0 fully saturated rings. The van der Waals surface area contributed by atoms with Crippen LogP contribution in [0.25, 0.3) is 0 Å². The van der Waals surface area contributed by atoms with Crippen LogP contribution in [-0.2, 0) is 6.18 Å². The number of alkyl halides is 3. The van der Waals surface area contributed by atoms with Gasteiger partial charge in [-0.15, -0.1) is 0 Å². The lowest BCUT2D eigenvalue weighted by atomic mass is 9.90. The normalized spacial score (nSPS) is 15.7. The molecule has 0 amide bonds. The van der Waals surface area contributed by atoms with E-state index in [0.29, 0.717) is 6.42 Å². The highest BCUT2D eigenvalue weighted by Gasteiger charge is 2.38. The molecule has 0 saturated heterocycles. The van der Waals surface area contributed by atoms with Gasteiger partial charge in [-0.05, 0) is 17.5 Å². The smallest absolute Gasteiger partial charge is 0.324 e. The molecule has 17 heavy (non-hydrogen) atoms. The molecule has 1 aromatic rings. The molecule has 0 aliphatic carbocycles. The van der Waals surface area contributed by atoms with Crippen LogP contribution in [0.1, 0.15) is 37.4 Å². The fraction of sp³-hybridized carbons (Fsp3) is 0.500. The number of benzene rings is 1. The molecule has 0 aliphatic rings. The first kappa shape index (κ1) is 14.0. The van der Waals surface area contributed by atoms with Gasteiger partial charge in [0.05, 0.1) is 5.56 Å². The Morgan fingerprint density at radius 3 is 2.35 bits per heavy atom. The van der Waals surface area contributed by atoms with Crippen molar-refractivity contribution in [2.45, 2.75) is 32.5 Å². The van der Waals surface area contributed by atoms with E-state index in [2.05, 4.69) is 0 Å². The summed E-state index contributed by atoms with van der Waals surface area (Å²) < 4.78 is 51.5. The summed E-state index contributed by atoms with van der Waals surface area (Å²) in [5.74, 6) is -1.41. The third kappa shape index (κ3) is 2.97. The fourth-order valence-electron chi connectivity index (χ4n) is 1.68. The Labute approximate surface area is 97.6 Å². The monoisotopic (exact) mass is 249 g/mol. The van der Waals surface area contributed by atoms with Crippen molar-refractivity contribution in [3.05, 3.63) is 35.1 Å². The largest absolute Gasteiger partial charge is 0.419 e. The average molecular weight is 249 g/mol. The Balaban J connectivity index is 3.29. The van der Waals surface area contributed by atoms with Crippen molar-refractivity contribution in [3.8, 4) is 0 Å². The van der Waals surface area contributed by atoms with E-state index in [1.807, 2.05) is 6.92 Å². The van der Waals surface area contributed by atoms with Crippen molar-refractivity contribution in [2.75, 3.05) is 0 Å². The van der Waals surface area contributed by atoms with Gasteiger partial charge in [-0.25, -0.2) is 4.39 Å². The van der Waals surface area contributed by atoms with Crippen molar-refractivity contribution in [2.24, 2.45) is 11.7 Å². The molecule has 2 atom stereocenters. The first-order valence-electron chi connectivity index (χ1n) is 5.40. The van der Waals surface area contributed by atoms with E-state index < -0.39 is 23.6 Å². The first-order valence-corrected chi connectivity index (χ1v) is 5.40. The maximum Gasteiger partial charge on any atom is 0.419 e. The van der Waals surface area contributed by atoms with E-state index >= 15 is 0 Å². The van der Waals surface area contributed by atoms with Gasteiger partial charge in [-0.1, -0.05) is 32.4 Å². The zero-order valence-corrected chi connectivity index (χ0v) is 9.68. The minimum Gasteiger partial charge on any atom is -0.324 e. The van der Waals surface area contributed by atoms with Crippen molar-refractivity contribution in [1.82, 2.24) is 0 Å². The highest BCUT2D eigenvalue weighted by molar-refractivity contribution is 5.34. The minimum absolute atomic E-state index is 0.141. The van der Waals surface area contributed by atoms with Gasteiger partial charge in [0.15, 0.2) is 0 Å². The molecule has 2 N–H and O–H groups in total. The van der Waals surface area contributed by atoms with Crippen LogP contribution in [0.4, 0.5) is 17.6 Å². The van der Waals surface area contributed by atoms with Crippen LogP contribution >= 0.6 is 0 Å². The molecule has 96 valence electrons. The highest BCUT2D eigenvalue weighted by atomic mass is 19.4. The summed E-state index contributed by atoms with van der Waals surface area (Å²) in [7, 11) is 0. The fourth-order valence-corrected chi connectivity index (χ4v) is 1.68. The lowest BCUT2D eigenvalue weighted by Crippen LogP contribution is -2.23. The summed E-state index contributed by atoms with van der Waals surface area (Å²) in [5.41, 5.74) is 4.33. The van der Waals surface area contributed by atoms with Crippen LogP contribution in [0.5, 0.6) is 0 Å². The number of rotatable bonds is 3. The molecule has 1 unspecified atom stereocenters. The van der Waals surface area contributed by atoms with Gasteiger partial charge in [0.25, 0.3) is 0 Å². The van der Waals surface area contributed by atoms with E-state index in [-0.39, 0.29) is 11.5 Å². The Morgan fingerprint density at radius 2 is 1.88 bits per heavy atom. The van der Waals surface area contributed by atoms with Crippen molar-refractivity contribution in [1.29, 1.82) is 0 Å². The molecular formula is C12H15F4N. The van der Waals surface area contributed by atoms with Crippen molar-refractivity contribution >= 4 is 0 Å². The molecule has 0 aliphatic heterocycles. The predicted molar refractivity (Wildman–Crippen MR) is 57.8 cm³/mol. The Hall–Kier alpha value is -1.10. The van der Waals surface area contributed by atoms with Crippen LogP contribution in [0, 0.1) is 11.7 Å². The van der Waals surface area contributed by atoms with Gasteiger partial charge in [0.1, 0.15) is 5.82 Å². The third-order valence-corrected chi connectivity index (χ3v) is 2.95. The molecule has 0 spiro atoms. The van der Waals surface area contributed by atoms with Gasteiger partial charge in [0, 0.05) is 6.04 Å². The second-order valence-electron chi connectivity index (χ2n) is 4.11. The zero-order valence-electron chi connectivity index (χ0n) is 9.68. The number of hydrogen-bond donors (Lipinski definition) is 1. The first-order chi connectivity index (χ1) is 7.79. The maximum absolute atomic E-state index is 13.3. The Kier molecular flexibility index (Phi) is 4.14. The quantitative estimate of drug-likeness (QED) is 0.808. The highest BCUT2D eigenvalue weighted by Crippen LogP contribution is 2.37. The predicted octanol–water partition coefficient (Wildman–Crippen LogP) is 3.89. The summed E-state index contributed by atoms with van der Waals surface area (Å²) in [5, 5.41) is 0. The summed E-state index contributed by atoms with van der Waals surface area (Å²) in [6.07, 6.45) is -4.08. The van der Waals surface area contributed by atoms with Gasteiger partial charge >= 0.3 is 6.18 Å². The third-order valence-electron chi connectivity index (χ3n) is 2.95. The number of halogens is 4. The minimum atomic E-state index is -4.72. The standard InChI is InChI=1S/C12H15F4N/c1-3-7(2)11(17)8-5-4-6-9(13)10(8)12(14,15)16/h4-7,11H,3,17H2,1-2H3/t7?,11-/m0/s1. The van der Waals surface area contributed by atoms with Gasteiger partial charge in [-0.3, -0.25) is 0 Å². The Bertz CT molecular complexity index is 387. The Morgan fingerprint density at radius 1 is 1.29 bits per heavy atom. The molecular weight excluding hydrogens is 234 g/mol. The molecule has 1 nitrogen and oxygen atoms in total. The second kappa shape index (κ2) is 5.04. The molecule has 0 aromatic heterocycles. The van der Waals surface area contributed by atoms with Crippen LogP contribution in [-0.4, -0.2) is 0 Å². The average Bonchev–Trinajstić information content (AvgIpc) is 2.24. The van der Waals surface area contributed by atoms with E-state index in [0.717, 1.165) is 6.07 Å². The van der Waals surface area contributed by atoms with E-state index in [1.165, 1.54) is 12.1 Å². The number of nitrogens with two attached hydrogens (primary N) is 1. The zero-order chi connectivity index (χ0) is 13.2. The number of hydrogen-bond acceptors (Lipinski definition) is 1. The van der Waals surface area contributed by atoms with E-state index in [1.54, 1.807) is 6.92 Å². The molecule has 5 heteroatoms. The van der Waals surface area contributed by atoms with Gasteiger partial charge in [-0.2, -0.15) is 13.2 Å². The van der Waals surface area contributed by atoms with E-state index in [4.69, 9.17) is 5.73 Å². The molecule has 1 aromatic carbocycles. The van der Waals surface area contributed by atoms with E-state index in [9.17, 15) is 17.6 Å². The molecule has 0 radical (unpaired) electrons. The maximum atomic E-state index is 13.3. The second-order valence-corrected chi connectivity index (χ2v) is 4.11. The summed E-state index contributed by atoms with van der Waals surface area (Å²) in [6.45, 7) is 3.58. The van der Waals surface area contributed by atoms with Crippen molar-refractivity contribution < 1.29 is 17.6 Å². The molecule has 0 saturated carbocycles. The van der Waals surface area contributed by atoms with Crippen LogP contribution in [0.15, 0.2) is 18.2 Å². The summed E-state index contributed by atoms with van der Waals surface area (Å²) in [6, 6.07) is 2.48. The van der Waals surface area contributed by atoms with Crippen LogP contribution in [0.3, 0.4) is 0 Å². The topological polar surface area (TPSA) is 26.0 Å². The summed E-state index contributed by atoms with van der Waals surface area (Å²) >= 11 is 0. The SMILES string of the molecule is CCC(C)[C@H](N)c1cccc(F)c1C(F)(F)F. The molecule has 1 rings (SSSR count).